The van der Waals surface area contributed by atoms with Crippen LogP contribution in [0.3, 0.4) is 0 Å². The van der Waals surface area contributed by atoms with Crippen LogP contribution in [0.1, 0.15) is 0 Å². The van der Waals surface area contributed by atoms with Gasteiger partial charge in [-0.05, 0) is 35.4 Å². The summed E-state index contributed by atoms with van der Waals surface area (Å²) in [5, 5.41) is 10.1. The normalized spacial score (nSPS) is 10.5. The van der Waals surface area contributed by atoms with Gasteiger partial charge in [0, 0.05) is 21.8 Å². The Balaban J connectivity index is 2.29. The van der Waals surface area contributed by atoms with Crippen LogP contribution in [0, 0.1) is 0 Å². The molecule has 3 heteroatoms. The van der Waals surface area contributed by atoms with Gasteiger partial charge in [0.25, 0.3) is 0 Å². The number of hydrogen-bond donors (Lipinski definition) is 2. The average Bonchev–Trinajstić information content (AvgIpc) is 2.51. The van der Waals surface area contributed by atoms with E-state index in [0.29, 0.717) is 10.7 Å². The molecule has 0 heterocycles. The number of aromatic hydroxyl groups is 1. The Morgan fingerprint density at radius 1 is 0.714 bits per heavy atom. The summed E-state index contributed by atoms with van der Waals surface area (Å²) < 4.78 is 0. The van der Waals surface area contributed by atoms with Crippen molar-refractivity contribution in [2.45, 2.75) is 0 Å². The molecule has 0 aliphatic rings. The highest BCUT2D eigenvalue weighted by molar-refractivity contribution is 6.34. The Hall–Kier alpha value is -2.45. The van der Waals surface area contributed by atoms with Crippen LogP contribution in [0.2, 0.25) is 5.02 Å². The molecule has 3 N–H and O–H groups in total. The lowest BCUT2D eigenvalue weighted by atomic mass is 9.93. The van der Waals surface area contributed by atoms with E-state index >= 15 is 0 Å². The van der Waals surface area contributed by atoms with E-state index in [1.165, 1.54) is 0 Å². The van der Waals surface area contributed by atoms with Gasteiger partial charge in [-0.1, -0.05) is 54.1 Å². The third-order valence-electron chi connectivity index (χ3n) is 3.41. The number of hydrogen-bond acceptors (Lipinski definition) is 2. The number of phenolic OH excluding ortho intramolecular Hbond substituents is 1. The summed E-state index contributed by atoms with van der Waals surface area (Å²) in [6.45, 7) is 0. The van der Waals surface area contributed by atoms with E-state index in [9.17, 15) is 5.11 Å². The minimum Gasteiger partial charge on any atom is -0.508 e. The standard InChI is InChI=1S/C18H14ClNO/c19-15-10-11-16(20)18(12-4-2-1-3-5-12)17(15)13-6-8-14(21)9-7-13/h1-11,21H,20H2. The van der Waals surface area contributed by atoms with Crippen LogP contribution in [0.4, 0.5) is 5.69 Å². The molecule has 0 fully saturated rings. The van der Waals surface area contributed by atoms with Gasteiger partial charge in [0.05, 0.1) is 0 Å². The molecule has 0 saturated carbocycles. The molecule has 0 aliphatic heterocycles. The lowest BCUT2D eigenvalue weighted by molar-refractivity contribution is 0.475. The average molecular weight is 296 g/mol. The first-order valence-corrected chi connectivity index (χ1v) is 6.97. The van der Waals surface area contributed by atoms with Gasteiger partial charge in [0.2, 0.25) is 0 Å². The van der Waals surface area contributed by atoms with Crippen LogP contribution >= 0.6 is 11.6 Å². The molecule has 2 nitrogen and oxygen atoms in total. The molecule has 3 aromatic rings. The fourth-order valence-electron chi connectivity index (χ4n) is 2.42. The second kappa shape index (κ2) is 5.51. The summed E-state index contributed by atoms with van der Waals surface area (Å²) in [7, 11) is 0. The van der Waals surface area contributed by atoms with Gasteiger partial charge in [-0.15, -0.1) is 0 Å². The predicted octanol–water partition coefficient (Wildman–Crippen LogP) is 4.96. The second-order valence-corrected chi connectivity index (χ2v) is 5.21. The number of anilines is 1. The van der Waals surface area contributed by atoms with Crippen LogP contribution in [0.25, 0.3) is 22.3 Å². The van der Waals surface area contributed by atoms with Gasteiger partial charge in [-0.25, -0.2) is 0 Å². The first-order chi connectivity index (χ1) is 10.2. The summed E-state index contributed by atoms with van der Waals surface area (Å²) in [5.41, 5.74) is 10.6. The van der Waals surface area contributed by atoms with E-state index in [-0.39, 0.29) is 5.75 Å². The zero-order chi connectivity index (χ0) is 14.8. The predicted molar refractivity (Wildman–Crippen MR) is 88.4 cm³/mol. The van der Waals surface area contributed by atoms with Crippen LogP contribution in [0.5, 0.6) is 5.75 Å². The van der Waals surface area contributed by atoms with Gasteiger partial charge in [0.15, 0.2) is 0 Å². The molecule has 3 aromatic carbocycles. The second-order valence-electron chi connectivity index (χ2n) is 4.80. The van der Waals surface area contributed by atoms with Crippen LogP contribution in [-0.2, 0) is 0 Å². The van der Waals surface area contributed by atoms with E-state index in [1.807, 2.05) is 48.5 Å². The maximum absolute atomic E-state index is 9.46. The van der Waals surface area contributed by atoms with Crippen LogP contribution in [-0.4, -0.2) is 5.11 Å². The van der Waals surface area contributed by atoms with Gasteiger partial charge < -0.3 is 10.8 Å². The molecule has 0 atom stereocenters. The van der Waals surface area contributed by atoms with E-state index in [2.05, 4.69) is 0 Å². The highest BCUT2D eigenvalue weighted by atomic mass is 35.5. The SMILES string of the molecule is Nc1ccc(Cl)c(-c2ccc(O)cc2)c1-c1ccccc1. The summed E-state index contributed by atoms with van der Waals surface area (Å²) in [6.07, 6.45) is 0. The highest BCUT2D eigenvalue weighted by Gasteiger charge is 2.14. The Labute approximate surface area is 128 Å². The fourth-order valence-corrected chi connectivity index (χ4v) is 2.69. The van der Waals surface area contributed by atoms with Crippen molar-refractivity contribution in [3.8, 4) is 28.0 Å². The van der Waals surface area contributed by atoms with Gasteiger partial charge in [-0.3, -0.25) is 0 Å². The Kier molecular flexibility index (Phi) is 3.55. The Bertz CT molecular complexity index is 767. The molecular weight excluding hydrogens is 282 g/mol. The minimum absolute atomic E-state index is 0.222. The zero-order valence-electron chi connectivity index (χ0n) is 11.3. The van der Waals surface area contributed by atoms with Crippen molar-refractivity contribution in [1.29, 1.82) is 0 Å². The smallest absolute Gasteiger partial charge is 0.115 e. The molecule has 0 amide bonds. The number of nitrogens with two attached hydrogens (primary N) is 1. The largest absolute Gasteiger partial charge is 0.508 e. The van der Waals surface area contributed by atoms with Gasteiger partial charge in [-0.2, -0.15) is 0 Å². The first kappa shape index (κ1) is 13.5. The van der Waals surface area contributed by atoms with Crippen molar-refractivity contribution >= 4 is 17.3 Å². The quantitative estimate of drug-likeness (QED) is 0.656. The summed E-state index contributed by atoms with van der Waals surface area (Å²) in [6, 6.07) is 20.5. The molecule has 21 heavy (non-hydrogen) atoms. The molecule has 0 saturated heterocycles. The molecule has 0 aliphatic carbocycles. The summed E-state index contributed by atoms with van der Waals surface area (Å²) in [5.74, 6) is 0.222. The fraction of sp³-hybridized carbons (Fsp3) is 0. The van der Waals surface area contributed by atoms with Crippen molar-refractivity contribution in [2.75, 3.05) is 5.73 Å². The molecule has 0 bridgehead atoms. The summed E-state index contributed by atoms with van der Waals surface area (Å²) in [4.78, 5) is 0. The third-order valence-corrected chi connectivity index (χ3v) is 3.72. The number of benzene rings is 3. The molecule has 3 rings (SSSR count). The van der Waals surface area contributed by atoms with Gasteiger partial charge >= 0.3 is 0 Å². The first-order valence-electron chi connectivity index (χ1n) is 6.59. The van der Waals surface area contributed by atoms with Crippen molar-refractivity contribution in [2.24, 2.45) is 0 Å². The maximum atomic E-state index is 9.46. The number of halogens is 1. The van der Waals surface area contributed by atoms with E-state index in [0.717, 1.165) is 22.3 Å². The van der Waals surface area contributed by atoms with Crippen molar-refractivity contribution < 1.29 is 5.11 Å². The number of phenols is 1. The number of rotatable bonds is 2. The van der Waals surface area contributed by atoms with Crippen LogP contribution < -0.4 is 5.73 Å². The molecular formula is C18H14ClNO. The maximum Gasteiger partial charge on any atom is 0.115 e. The van der Waals surface area contributed by atoms with Crippen molar-refractivity contribution in [3.63, 3.8) is 0 Å². The Morgan fingerprint density at radius 3 is 2.00 bits per heavy atom. The van der Waals surface area contributed by atoms with E-state index in [4.69, 9.17) is 17.3 Å². The van der Waals surface area contributed by atoms with Crippen molar-refractivity contribution in [1.82, 2.24) is 0 Å². The van der Waals surface area contributed by atoms with Gasteiger partial charge in [0.1, 0.15) is 5.75 Å². The minimum atomic E-state index is 0.222. The molecule has 0 spiro atoms. The number of nitrogen functional groups attached to an aromatic ring is 1. The highest BCUT2D eigenvalue weighted by Crippen LogP contribution is 2.41. The monoisotopic (exact) mass is 295 g/mol. The zero-order valence-corrected chi connectivity index (χ0v) is 12.0. The molecule has 0 unspecified atom stereocenters. The summed E-state index contributed by atoms with van der Waals surface area (Å²) >= 11 is 6.41. The van der Waals surface area contributed by atoms with Crippen LogP contribution in [0.15, 0.2) is 66.7 Å². The topological polar surface area (TPSA) is 46.2 Å². The molecule has 0 aromatic heterocycles. The molecule has 104 valence electrons. The van der Waals surface area contributed by atoms with Crippen molar-refractivity contribution in [3.05, 3.63) is 71.8 Å². The lowest BCUT2D eigenvalue weighted by Crippen LogP contribution is -1.94. The van der Waals surface area contributed by atoms with E-state index < -0.39 is 0 Å². The van der Waals surface area contributed by atoms with E-state index in [1.54, 1.807) is 18.2 Å². The molecule has 0 radical (unpaired) electrons. The Morgan fingerprint density at radius 2 is 1.33 bits per heavy atom. The third kappa shape index (κ3) is 2.58. The lowest BCUT2D eigenvalue weighted by Gasteiger charge is -2.15.